The topological polar surface area (TPSA) is 37.5 Å². The van der Waals surface area contributed by atoms with Gasteiger partial charge in [0.2, 0.25) is 0 Å². The summed E-state index contributed by atoms with van der Waals surface area (Å²) in [6.45, 7) is 0. The van der Waals surface area contributed by atoms with Crippen LogP contribution in [-0.2, 0) is 0 Å². The van der Waals surface area contributed by atoms with Gasteiger partial charge in [-0.2, -0.15) is 0 Å². The van der Waals surface area contributed by atoms with Crippen LogP contribution < -0.4 is 0 Å². The van der Waals surface area contributed by atoms with Gasteiger partial charge < -0.3 is 5.11 Å². The molecule has 4 aromatic rings. The molecule has 2 aromatic heterocycles. The zero-order chi connectivity index (χ0) is 14.6. The molecule has 2 heterocycles. The minimum absolute atomic E-state index is 0.103. The molecule has 3 nitrogen and oxygen atoms in total. The van der Waals surface area contributed by atoms with Crippen molar-refractivity contribution in [1.82, 2.24) is 9.38 Å². The van der Waals surface area contributed by atoms with Gasteiger partial charge in [0.1, 0.15) is 0 Å². The van der Waals surface area contributed by atoms with Gasteiger partial charge >= 0.3 is 0 Å². The van der Waals surface area contributed by atoms with E-state index in [2.05, 4.69) is 17.1 Å². The molecule has 0 atom stereocenters. The Morgan fingerprint density at radius 2 is 1.81 bits per heavy atom. The second-order valence-corrected chi connectivity index (χ2v) is 6.46. The molecule has 0 bridgehead atoms. The lowest BCUT2D eigenvalue weighted by atomic mass is 10.1. The van der Waals surface area contributed by atoms with E-state index in [-0.39, 0.29) is 15.8 Å². The molecule has 0 fully saturated rings. The lowest BCUT2D eigenvalue weighted by Crippen LogP contribution is -1.80. The van der Waals surface area contributed by atoms with Crippen molar-refractivity contribution in [3.8, 4) is 17.0 Å². The summed E-state index contributed by atoms with van der Waals surface area (Å²) in [5.74, 6) is -0.103. The summed E-state index contributed by atoms with van der Waals surface area (Å²) < 4.78 is 3.23. The van der Waals surface area contributed by atoms with Gasteiger partial charge in [-0.3, -0.25) is 4.40 Å². The molecule has 104 valence electrons. The number of hydrogen-bond donors (Lipinski definition) is 1. The number of fused-ring (bicyclic) bond motifs is 3. The molecule has 1 N–H and O–H groups in total. The lowest BCUT2D eigenvalue weighted by molar-refractivity contribution is 0.476. The Bertz CT molecular complexity index is 967. The highest BCUT2D eigenvalue weighted by atomic mass is 35.5. The summed E-state index contributed by atoms with van der Waals surface area (Å²) in [5, 5.41) is 10.1. The van der Waals surface area contributed by atoms with Gasteiger partial charge in [0.25, 0.3) is 0 Å². The predicted octanol–water partition coefficient (Wildman–Crippen LogP) is 5.23. The number of halogens is 2. The molecule has 0 unspecified atom stereocenters. The smallest absolute Gasteiger partial charge is 0.195 e. The number of benzene rings is 2. The molecule has 0 spiro atoms. The average molecular weight is 335 g/mol. The maximum atomic E-state index is 9.63. The van der Waals surface area contributed by atoms with Gasteiger partial charge in [0.15, 0.2) is 10.7 Å². The highest BCUT2D eigenvalue weighted by Crippen LogP contribution is 2.37. The number of rotatable bonds is 1. The third kappa shape index (κ3) is 1.99. The van der Waals surface area contributed by atoms with E-state index in [4.69, 9.17) is 23.2 Å². The van der Waals surface area contributed by atoms with Crippen LogP contribution in [0.5, 0.6) is 5.75 Å². The van der Waals surface area contributed by atoms with Gasteiger partial charge in [0.05, 0.1) is 26.0 Å². The molecular weight excluding hydrogens is 327 g/mol. The van der Waals surface area contributed by atoms with E-state index < -0.39 is 0 Å². The molecule has 0 saturated carbocycles. The van der Waals surface area contributed by atoms with Crippen LogP contribution in [0.25, 0.3) is 26.4 Å². The first-order valence-electron chi connectivity index (χ1n) is 6.18. The SMILES string of the molecule is Oc1c(Cl)cc(-c2cn3c(n2)sc2ccccc23)cc1Cl. The Morgan fingerprint density at radius 3 is 2.57 bits per heavy atom. The summed E-state index contributed by atoms with van der Waals surface area (Å²) in [6, 6.07) is 11.5. The number of imidazole rings is 1. The van der Waals surface area contributed by atoms with Gasteiger partial charge in [-0.15, -0.1) is 0 Å². The van der Waals surface area contributed by atoms with Crippen LogP contribution in [0.2, 0.25) is 10.0 Å². The summed E-state index contributed by atoms with van der Waals surface area (Å²) in [6.07, 6.45) is 1.95. The highest BCUT2D eigenvalue weighted by Gasteiger charge is 2.13. The second kappa shape index (κ2) is 4.63. The largest absolute Gasteiger partial charge is 0.505 e. The zero-order valence-electron chi connectivity index (χ0n) is 10.5. The van der Waals surface area contributed by atoms with Crippen molar-refractivity contribution >= 4 is 49.7 Å². The van der Waals surface area contributed by atoms with Gasteiger partial charge in [0, 0.05) is 11.8 Å². The number of phenolic OH excluding ortho intramolecular Hbond substituents is 1. The molecule has 0 saturated heterocycles. The molecule has 0 aliphatic heterocycles. The summed E-state index contributed by atoms with van der Waals surface area (Å²) in [4.78, 5) is 5.52. The maximum Gasteiger partial charge on any atom is 0.195 e. The number of aromatic hydroxyl groups is 1. The maximum absolute atomic E-state index is 9.63. The van der Waals surface area contributed by atoms with Gasteiger partial charge in [-0.25, -0.2) is 4.98 Å². The molecule has 2 aromatic carbocycles. The van der Waals surface area contributed by atoms with Crippen LogP contribution in [0.1, 0.15) is 0 Å². The van der Waals surface area contributed by atoms with Crippen molar-refractivity contribution in [3.05, 3.63) is 52.6 Å². The zero-order valence-corrected chi connectivity index (χ0v) is 12.9. The summed E-state index contributed by atoms with van der Waals surface area (Å²) >= 11 is 13.6. The Kier molecular flexibility index (Phi) is 2.85. The first kappa shape index (κ1) is 13.0. The Labute approximate surface area is 134 Å². The van der Waals surface area contributed by atoms with Crippen molar-refractivity contribution in [2.45, 2.75) is 0 Å². The van der Waals surface area contributed by atoms with Crippen molar-refractivity contribution in [1.29, 1.82) is 0 Å². The predicted molar refractivity (Wildman–Crippen MR) is 87.7 cm³/mol. The minimum Gasteiger partial charge on any atom is -0.505 e. The van der Waals surface area contributed by atoms with Crippen molar-refractivity contribution < 1.29 is 5.11 Å². The number of hydrogen-bond acceptors (Lipinski definition) is 3. The molecule has 0 amide bonds. The third-order valence-electron chi connectivity index (χ3n) is 3.31. The molecule has 21 heavy (non-hydrogen) atoms. The Balaban J connectivity index is 1.95. The number of para-hydroxylation sites is 1. The first-order valence-corrected chi connectivity index (χ1v) is 7.76. The molecule has 4 rings (SSSR count). The Morgan fingerprint density at radius 1 is 1.10 bits per heavy atom. The standard InChI is InChI=1S/C15H8Cl2N2OS/c16-9-5-8(6-10(17)14(9)20)11-7-19-12-3-1-2-4-13(12)21-15(19)18-11/h1-7,20H. The molecular formula is C15H8Cl2N2OS. The second-order valence-electron chi connectivity index (χ2n) is 4.64. The van der Waals surface area contributed by atoms with Crippen molar-refractivity contribution in [2.75, 3.05) is 0 Å². The number of nitrogens with zero attached hydrogens (tertiary/aromatic N) is 2. The first-order chi connectivity index (χ1) is 10.1. The van der Waals surface area contributed by atoms with Crippen LogP contribution >= 0.6 is 34.5 Å². The average Bonchev–Trinajstić information content (AvgIpc) is 3.01. The fourth-order valence-electron chi connectivity index (χ4n) is 2.30. The summed E-state index contributed by atoms with van der Waals surface area (Å²) in [5.41, 5.74) is 2.67. The van der Waals surface area contributed by atoms with Crippen LogP contribution in [0.4, 0.5) is 0 Å². The lowest BCUT2D eigenvalue weighted by Gasteiger charge is -2.02. The van der Waals surface area contributed by atoms with E-state index in [1.54, 1.807) is 23.5 Å². The molecule has 0 aliphatic rings. The number of aromatic nitrogens is 2. The number of thiazole rings is 1. The monoisotopic (exact) mass is 334 g/mol. The van der Waals surface area contributed by atoms with E-state index in [0.717, 1.165) is 21.7 Å². The van der Waals surface area contributed by atoms with E-state index >= 15 is 0 Å². The van der Waals surface area contributed by atoms with E-state index in [0.29, 0.717) is 0 Å². The van der Waals surface area contributed by atoms with Crippen LogP contribution in [0.15, 0.2) is 42.6 Å². The minimum atomic E-state index is -0.103. The van der Waals surface area contributed by atoms with Gasteiger partial charge in [-0.1, -0.05) is 46.7 Å². The van der Waals surface area contributed by atoms with E-state index in [1.807, 2.05) is 22.7 Å². The van der Waals surface area contributed by atoms with Gasteiger partial charge in [-0.05, 0) is 24.3 Å². The summed E-state index contributed by atoms with van der Waals surface area (Å²) in [7, 11) is 0. The highest BCUT2D eigenvalue weighted by molar-refractivity contribution is 7.23. The fraction of sp³-hybridized carbons (Fsp3) is 0. The van der Waals surface area contributed by atoms with Crippen LogP contribution in [0, 0.1) is 0 Å². The normalized spacial score (nSPS) is 11.5. The molecule has 6 heteroatoms. The van der Waals surface area contributed by atoms with E-state index in [9.17, 15) is 5.11 Å². The van der Waals surface area contributed by atoms with Crippen LogP contribution in [-0.4, -0.2) is 14.5 Å². The molecule has 0 aliphatic carbocycles. The fourth-order valence-corrected chi connectivity index (χ4v) is 3.80. The number of phenols is 1. The molecule has 0 radical (unpaired) electrons. The Hall–Kier alpha value is -1.75. The van der Waals surface area contributed by atoms with E-state index in [1.165, 1.54) is 4.70 Å². The third-order valence-corrected chi connectivity index (χ3v) is 4.92. The van der Waals surface area contributed by atoms with Crippen LogP contribution in [0.3, 0.4) is 0 Å². The van der Waals surface area contributed by atoms with Crippen molar-refractivity contribution in [3.63, 3.8) is 0 Å². The quantitative estimate of drug-likeness (QED) is 0.517. The van der Waals surface area contributed by atoms with Crippen molar-refractivity contribution in [2.24, 2.45) is 0 Å².